The average molecular weight is 377 g/mol. The van der Waals surface area contributed by atoms with Crippen molar-refractivity contribution in [3.05, 3.63) is 61.4 Å². The van der Waals surface area contributed by atoms with E-state index in [4.69, 9.17) is 0 Å². The summed E-state index contributed by atoms with van der Waals surface area (Å²) < 4.78 is 2.29. The molecule has 3 rings (SSSR count). The van der Waals surface area contributed by atoms with E-state index >= 15 is 0 Å². The molecule has 0 saturated heterocycles. The lowest BCUT2D eigenvalue weighted by Gasteiger charge is -2.05. The Hall–Kier alpha value is -1.79. The van der Waals surface area contributed by atoms with Gasteiger partial charge in [0.05, 0.1) is 18.3 Å². The highest BCUT2D eigenvalue weighted by Crippen LogP contribution is 2.25. The van der Waals surface area contributed by atoms with Crippen molar-refractivity contribution in [3.8, 4) is 0 Å². The van der Waals surface area contributed by atoms with Crippen molar-refractivity contribution in [1.82, 2.24) is 9.55 Å². The number of hydrogen-bond acceptors (Lipinski definition) is 4. The molecule has 2 heterocycles. The first-order valence-electron chi connectivity index (χ1n) is 6.71. The number of fused-ring (bicyclic) bond motifs is 1. The summed E-state index contributed by atoms with van der Waals surface area (Å²) in [5, 5.41) is 0.619. The highest BCUT2D eigenvalue weighted by molar-refractivity contribution is 9.10. The summed E-state index contributed by atoms with van der Waals surface area (Å²) in [5.74, 6) is -0.111. The maximum atomic E-state index is 12.6. The van der Waals surface area contributed by atoms with Crippen molar-refractivity contribution in [1.29, 1.82) is 0 Å². The number of rotatable bonds is 3. The van der Waals surface area contributed by atoms with Crippen molar-refractivity contribution in [3.63, 3.8) is 0 Å². The standard InChI is InChI=1S/C16H13BrN2O2S/c1-9-10(2)22-15-14(9)16(21)19(8-18-15)7-13(20)11-3-5-12(17)6-4-11/h3-6,8H,7H2,1-2H3. The first-order valence-corrected chi connectivity index (χ1v) is 8.32. The minimum atomic E-state index is -0.155. The summed E-state index contributed by atoms with van der Waals surface area (Å²) in [6, 6.07) is 7.10. The quantitative estimate of drug-likeness (QED) is 0.654. The number of halogens is 1. The fraction of sp³-hybridized carbons (Fsp3) is 0.188. The Bertz CT molecular complexity index is 926. The van der Waals surface area contributed by atoms with E-state index in [2.05, 4.69) is 20.9 Å². The van der Waals surface area contributed by atoms with Crippen molar-refractivity contribution >= 4 is 43.3 Å². The van der Waals surface area contributed by atoms with Gasteiger partial charge in [-0.25, -0.2) is 4.98 Å². The van der Waals surface area contributed by atoms with Crippen LogP contribution in [0.4, 0.5) is 0 Å². The van der Waals surface area contributed by atoms with Crippen LogP contribution in [-0.4, -0.2) is 15.3 Å². The number of thiophene rings is 1. The van der Waals surface area contributed by atoms with Gasteiger partial charge in [0.15, 0.2) is 5.78 Å². The number of ketones is 1. The maximum Gasteiger partial charge on any atom is 0.262 e. The summed E-state index contributed by atoms with van der Waals surface area (Å²) >= 11 is 4.84. The molecule has 0 saturated carbocycles. The van der Waals surface area contributed by atoms with Gasteiger partial charge in [0, 0.05) is 14.9 Å². The Kier molecular flexibility index (Phi) is 3.97. The second-order valence-electron chi connectivity index (χ2n) is 5.07. The van der Waals surface area contributed by atoms with Crippen molar-refractivity contribution in [2.75, 3.05) is 0 Å². The van der Waals surface area contributed by atoms with Crippen molar-refractivity contribution < 1.29 is 4.79 Å². The number of carbonyl (C=O) groups excluding carboxylic acids is 1. The Labute approximate surface area is 139 Å². The molecule has 6 heteroatoms. The highest BCUT2D eigenvalue weighted by Gasteiger charge is 2.14. The Morgan fingerprint density at radius 1 is 1.27 bits per heavy atom. The van der Waals surface area contributed by atoms with Gasteiger partial charge in [0.25, 0.3) is 5.56 Å². The van der Waals surface area contributed by atoms with E-state index in [1.165, 1.54) is 22.2 Å². The van der Waals surface area contributed by atoms with Crippen LogP contribution in [0.2, 0.25) is 0 Å². The topological polar surface area (TPSA) is 52.0 Å². The van der Waals surface area contributed by atoms with Crippen LogP contribution < -0.4 is 5.56 Å². The Morgan fingerprint density at radius 2 is 1.95 bits per heavy atom. The number of nitrogens with zero attached hydrogens (tertiary/aromatic N) is 2. The minimum Gasteiger partial charge on any atom is -0.292 e. The molecule has 112 valence electrons. The molecule has 3 aromatic rings. The first-order chi connectivity index (χ1) is 10.5. The molecule has 22 heavy (non-hydrogen) atoms. The zero-order valence-electron chi connectivity index (χ0n) is 12.1. The van der Waals surface area contributed by atoms with Crippen LogP contribution in [0, 0.1) is 13.8 Å². The molecule has 4 nitrogen and oxygen atoms in total. The summed E-state index contributed by atoms with van der Waals surface area (Å²) in [5.41, 5.74) is 1.37. The molecule has 0 amide bonds. The predicted octanol–water partition coefficient (Wildman–Crippen LogP) is 3.72. The summed E-state index contributed by atoms with van der Waals surface area (Å²) in [4.78, 5) is 31.0. The lowest BCUT2D eigenvalue weighted by atomic mass is 10.1. The van der Waals surface area contributed by atoms with Crippen LogP contribution in [0.1, 0.15) is 20.8 Å². The van der Waals surface area contributed by atoms with Crippen LogP contribution in [0.5, 0.6) is 0 Å². The van der Waals surface area contributed by atoms with Gasteiger partial charge < -0.3 is 0 Å². The van der Waals surface area contributed by atoms with Crippen LogP contribution in [0.3, 0.4) is 0 Å². The third-order valence-corrected chi connectivity index (χ3v) is 5.28. The van der Waals surface area contributed by atoms with E-state index in [0.29, 0.717) is 10.9 Å². The number of aryl methyl sites for hydroxylation is 2. The van der Waals surface area contributed by atoms with Crippen molar-refractivity contribution in [2.24, 2.45) is 0 Å². The Morgan fingerprint density at radius 3 is 2.64 bits per heavy atom. The van der Waals surface area contributed by atoms with Crippen LogP contribution in [0.15, 0.2) is 39.9 Å². The minimum absolute atomic E-state index is 0.00224. The summed E-state index contributed by atoms with van der Waals surface area (Å²) in [6.45, 7) is 3.88. The number of hydrogen-bond donors (Lipinski definition) is 0. The van der Waals surface area contributed by atoms with Gasteiger partial charge in [-0.15, -0.1) is 11.3 Å². The molecular weight excluding hydrogens is 364 g/mol. The fourth-order valence-corrected chi connectivity index (χ4v) is 3.52. The molecule has 2 aromatic heterocycles. The largest absolute Gasteiger partial charge is 0.292 e. The van der Waals surface area contributed by atoms with E-state index in [-0.39, 0.29) is 17.9 Å². The average Bonchev–Trinajstić information content (AvgIpc) is 2.78. The monoisotopic (exact) mass is 376 g/mol. The lowest BCUT2D eigenvalue weighted by molar-refractivity contribution is 0.0970. The molecule has 0 radical (unpaired) electrons. The van der Waals surface area contributed by atoms with Gasteiger partial charge in [-0.3, -0.25) is 14.2 Å². The smallest absolute Gasteiger partial charge is 0.262 e. The molecule has 0 aliphatic carbocycles. The molecule has 0 bridgehead atoms. The molecule has 1 aromatic carbocycles. The molecule has 0 aliphatic rings. The van der Waals surface area contributed by atoms with E-state index in [1.54, 1.807) is 12.1 Å². The number of aromatic nitrogens is 2. The van der Waals surface area contributed by atoms with E-state index in [0.717, 1.165) is 19.7 Å². The molecular formula is C16H13BrN2O2S. The van der Waals surface area contributed by atoms with E-state index < -0.39 is 0 Å². The van der Waals surface area contributed by atoms with Gasteiger partial charge in [-0.1, -0.05) is 28.1 Å². The second kappa shape index (κ2) is 5.78. The number of Topliss-reactive ketones (excluding diaryl/α,β-unsaturated/α-hetero) is 1. The molecule has 0 fully saturated rings. The fourth-order valence-electron chi connectivity index (χ4n) is 2.26. The van der Waals surface area contributed by atoms with Crippen LogP contribution in [0.25, 0.3) is 10.2 Å². The second-order valence-corrected chi connectivity index (χ2v) is 7.19. The molecule has 0 aliphatic heterocycles. The molecule has 0 atom stereocenters. The van der Waals surface area contributed by atoms with Crippen LogP contribution >= 0.6 is 27.3 Å². The third-order valence-electron chi connectivity index (χ3n) is 3.64. The SMILES string of the molecule is Cc1sc2ncn(CC(=O)c3ccc(Br)cc3)c(=O)c2c1C. The van der Waals surface area contributed by atoms with Gasteiger partial charge in [0.1, 0.15) is 4.83 Å². The third kappa shape index (κ3) is 2.64. The van der Waals surface area contributed by atoms with E-state index in [1.807, 2.05) is 26.0 Å². The van der Waals surface area contributed by atoms with E-state index in [9.17, 15) is 9.59 Å². The van der Waals surface area contributed by atoms with Crippen LogP contribution in [-0.2, 0) is 6.54 Å². The molecule has 0 N–H and O–H groups in total. The van der Waals surface area contributed by atoms with Gasteiger partial charge in [-0.05, 0) is 31.5 Å². The number of carbonyl (C=O) groups is 1. The zero-order valence-corrected chi connectivity index (χ0v) is 14.5. The number of benzene rings is 1. The maximum absolute atomic E-state index is 12.6. The zero-order chi connectivity index (χ0) is 15.9. The summed E-state index contributed by atoms with van der Waals surface area (Å²) in [7, 11) is 0. The van der Waals surface area contributed by atoms with Gasteiger partial charge in [-0.2, -0.15) is 0 Å². The normalized spacial score (nSPS) is 11.0. The van der Waals surface area contributed by atoms with Gasteiger partial charge >= 0.3 is 0 Å². The Balaban J connectivity index is 1.99. The molecule has 0 spiro atoms. The highest BCUT2D eigenvalue weighted by atomic mass is 79.9. The molecule has 0 unspecified atom stereocenters. The first kappa shape index (κ1) is 15.1. The predicted molar refractivity (Wildman–Crippen MR) is 91.8 cm³/mol. The lowest BCUT2D eigenvalue weighted by Crippen LogP contribution is -2.24. The van der Waals surface area contributed by atoms with Crippen molar-refractivity contribution in [2.45, 2.75) is 20.4 Å². The van der Waals surface area contributed by atoms with Gasteiger partial charge in [0.2, 0.25) is 0 Å². The summed E-state index contributed by atoms with van der Waals surface area (Å²) in [6.07, 6.45) is 1.46.